The molecule has 1 saturated heterocycles. The van der Waals surface area contributed by atoms with Crippen LogP contribution in [0, 0.1) is 0 Å². The van der Waals surface area contributed by atoms with Crippen molar-refractivity contribution in [3.63, 3.8) is 0 Å². The number of aromatic nitrogens is 2. The molecule has 1 aliphatic rings. The van der Waals surface area contributed by atoms with Gasteiger partial charge in [0.25, 0.3) is 0 Å². The molecule has 0 unspecified atom stereocenters. The molecule has 2 aromatic heterocycles. The van der Waals surface area contributed by atoms with Crippen LogP contribution in [0.15, 0.2) is 114 Å². The van der Waals surface area contributed by atoms with Crippen molar-refractivity contribution in [3.05, 3.63) is 126 Å². The van der Waals surface area contributed by atoms with Crippen LogP contribution in [-0.4, -0.2) is 193 Å². The molecule has 17 N–H and O–H groups in total. The molecule has 0 radical (unpaired) electrons. The summed E-state index contributed by atoms with van der Waals surface area (Å²) < 4.78 is 5.36. The van der Waals surface area contributed by atoms with Crippen LogP contribution in [0.5, 0.6) is 5.75 Å². The summed E-state index contributed by atoms with van der Waals surface area (Å²) in [4.78, 5) is 164. The fraction of sp³-hybridized carbons (Fsp3) is 0.446. The summed E-state index contributed by atoms with van der Waals surface area (Å²) in [6, 6.07) is 11.7. The number of nitrogens with two attached hydrogens (primary N) is 1. The Balaban J connectivity index is 1.42. The number of fused-ring (bicyclic) bond motifs is 1. The van der Waals surface area contributed by atoms with Crippen LogP contribution in [0.4, 0.5) is 9.59 Å². The number of nitrogens with zero attached hydrogens (tertiary/aromatic N) is 1. The Labute approximate surface area is 582 Å². The highest BCUT2D eigenvalue weighted by molar-refractivity contribution is 8.77. The van der Waals surface area contributed by atoms with E-state index in [0.29, 0.717) is 32.6 Å². The Kier molecular flexibility index (Phi) is 31.1. The molecule has 11 atom stereocenters. The van der Waals surface area contributed by atoms with Crippen LogP contribution in [-0.2, 0) is 67.2 Å². The number of hydrogen-bond acceptors (Lipinski definition) is 20. The van der Waals surface area contributed by atoms with E-state index in [1.165, 1.54) is 48.9 Å². The van der Waals surface area contributed by atoms with Crippen molar-refractivity contribution in [1.82, 2.24) is 68.5 Å². The van der Waals surface area contributed by atoms with Gasteiger partial charge in [0.15, 0.2) is 0 Å². The molecule has 5 aromatic rings. The number of benzene rings is 3. The van der Waals surface area contributed by atoms with Gasteiger partial charge < -0.3 is 89.3 Å². The van der Waals surface area contributed by atoms with E-state index in [-0.39, 0.29) is 68.9 Å². The predicted octanol–water partition coefficient (Wildman–Crippen LogP) is 1.64. The number of carbonyl (C=O) groups is 11. The summed E-state index contributed by atoms with van der Waals surface area (Å²) >= 11 is 0. The molecule has 0 saturated carbocycles. The first kappa shape index (κ1) is 78.2. The molecule has 3 heterocycles. The number of urea groups is 1. The smallest absolute Gasteiger partial charge is 0.407 e. The number of para-hydroxylation sites is 1. The van der Waals surface area contributed by atoms with Gasteiger partial charge in [-0.1, -0.05) is 99.1 Å². The number of ether oxygens (including phenoxy) is 1. The summed E-state index contributed by atoms with van der Waals surface area (Å²) in [5.41, 5.74) is 7.15. The SMILES string of the molecule is CCNC(=O)N[C@H](Cc1ccccc1)C(=O)N[C@H]1CSSC[C@@H](C(=O)N[C@H](C(=O)N[C@@H](CSSc2ccccn2)C(N)=O)[C@@H](C)O)NC(=O)[C@H]([C@@H](C)O)NC(=O)[C@H](CCCCNC(=O)OC(C)(C)C)NC(=O)[C@@H](Cc2c[nH]c3ccccc23)NC(=O)[C@H](Cc2ccc(O)cc2)NC1=O. The zero-order chi connectivity index (χ0) is 71.5. The van der Waals surface area contributed by atoms with Crippen LogP contribution < -0.4 is 64.2 Å². The van der Waals surface area contributed by atoms with Crippen LogP contribution in [0.2, 0.25) is 0 Å². The molecule has 98 heavy (non-hydrogen) atoms. The lowest BCUT2D eigenvalue weighted by Crippen LogP contribution is -2.63. The average molecular weight is 1430 g/mol. The van der Waals surface area contributed by atoms with Crippen LogP contribution in [0.3, 0.4) is 0 Å². The number of phenolic OH excluding ortho intramolecular Hbond substituents is 1. The van der Waals surface area contributed by atoms with Gasteiger partial charge in [-0.3, -0.25) is 43.2 Å². The second-order valence-electron chi connectivity index (χ2n) is 23.9. The lowest BCUT2D eigenvalue weighted by molar-refractivity contribution is -0.137. The number of alkyl carbamates (subject to hydrolysis) is 1. The quantitative estimate of drug-likeness (QED) is 0.0276. The fourth-order valence-corrected chi connectivity index (χ4v) is 14.2. The van der Waals surface area contributed by atoms with Crippen molar-refractivity contribution in [3.8, 4) is 5.75 Å². The number of primary amides is 1. The summed E-state index contributed by atoms with van der Waals surface area (Å²) in [6.07, 6.45) is -1.25. The number of unbranched alkanes of at least 4 members (excludes halogenated alkanes) is 1. The van der Waals surface area contributed by atoms with E-state index in [9.17, 15) is 53.7 Å². The van der Waals surface area contributed by atoms with Crippen molar-refractivity contribution in [2.24, 2.45) is 5.73 Å². The highest BCUT2D eigenvalue weighted by Crippen LogP contribution is 2.30. The molecule has 530 valence electrons. The molecule has 1 fully saturated rings. The highest BCUT2D eigenvalue weighted by atomic mass is 33.1. The zero-order valence-electron chi connectivity index (χ0n) is 54.9. The number of amides is 12. The normalized spacial score (nSPS) is 19.9. The number of aromatic amines is 1. The van der Waals surface area contributed by atoms with E-state index in [2.05, 4.69) is 68.5 Å². The number of carbonyl (C=O) groups excluding carboxylic acids is 11. The number of pyridine rings is 1. The molecule has 1 aliphatic heterocycles. The maximum absolute atomic E-state index is 15.2. The van der Waals surface area contributed by atoms with Crippen molar-refractivity contribution in [2.75, 3.05) is 30.3 Å². The Bertz CT molecular complexity index is 3520. The first-order valence-electron chi connectivity index (χ1n) is 31.6. The van der Waals surface area contributed by atoms with E-state index >= 15 is 14.4 Å². The van der Waals surface area contributed by atoms with Crippen LogP contribution >= 0.6 is 43.2 Å². The van der Waals surface area contributed by atoms with Crippen LogP contribution in [0.1, 0.15) is 77.5 Å². The molecule has 12 amide bonds. The first-order valence-corrected chi connectivity index (χ1v) is 36.4. The predicted molar refractivity (Wildman–Crippen MR) is 374 cm³/mol. The Morgan fingerprint density at radius 2 is 1.36 bits per heavy atom. The second kappa shape index (κ2) is 39.0. The van der Waals surface area contributed by atoms with Crippen molar-refractivity contribution >= 4 is 119 Å². The van der Waals surface area contributed by atoms with Gasteiger partial charge in [-0.2, -0.15) is 0 Å². The number of aromatic hydroxyl groups is 1. The number of phenols is 1. The summed E-state index contributed by atoms with van der Waals surface area (Å²) in [5.74, 6) is -9.93. The minimum absolute atomic E-state index is 0.0545. The van der Waals surface area contributed by atoms with Crippen LogP contribution in [0.25, 0.3) is 10.9 Å². The van der Waals surface area contributed by atoms with Gasteiger partial charge in [-0.05, 0) is 119 Å². The fourth-order valence-electron chi connectivity index (χ4n) is 9.76. The van der Waals surface area contributed by atoms with E-state index in [1.807, 2.05) is 0 Å². The molecule has 0 aliphatic carbocycles. The van der Waals surface area contributed by atoms with Gasteiger partial charge in [-0.25, -0.2) is 14.6 Å². The van der Waals surface area contributed by atoms with E-state index in [1.54, 1.807) is 113 Å². The van der Waals surface area contributed by atoms with E-state index in [0.717, 1.165) is 32.4 Å². The topological polar surface area (TPSA) is 445 Å². The Morgan fingerprint density at radius 3 is 2.02 bits per heavy atom. The minimum Gasteiger partial charge on any atom is -0.508 e. The number of aliphatic hydroxyl groups excluding tert-OH is 2. The van der Waals surface area contributed by atoms with Gasteiger partial charge in [0.1, 0.15) is 70.8 Å². The zero-order valence-corrected chi connectivity index (χ0v) is 58.2. The molecule has 3 aromatic carbocycles. The summed E-state index contributed by atoms with van der Waals surface area (Å²) in [7, 11) is 4.08. The van der Waals surface area contributed by atoms with Gasteiger partial charge in [0, 0.05) is 72.9 Å². The van der Waals surface area contributed by atoms with Gasteiger partial charge in [0.05, 0.1) is 12.2 Å². The highest BCUT2D eigenvalue weighted by Gasteiger charge is 2.38. The van der Waals surface area contributed by atoms with Crippen molar-refractivity contribution in [2.45, 2.75) is 157 Å². The monoisotopic (exact) mass is 1430 g/mol. The number of hydrogen-bond donors (Lipinski definition) is 16. The molecular weight excluding hydrogens is 1350 g/mol. The number of nitrogens with one attached hydrogen (secondary N) is 12. The largest absolute Gasteiger partial charge is 0.508 e. The number of rotatable bonds is 26. The third kappa shape index (κ3) is 25.9. The second-order valence-corrected chi connectivity index (χ2v) is 28.8. The van der Waals surface area contributed by atoms with Gasteiger partial charge >= 0.3 is 12.1 Å². The van der Waals surface area contributed by atoms with Crippen molar-refractivity contribution in [1.29, 1.82) is 0 Å². The maximum Gasteiger partial charge on any atom is 0.407 e. The molecule has 6 rings (SSSR count). The molecule has 33 heteroatoms. The average Bonchev–Trinajstić information content (AvgIpc) is 1.65. The Morgan fingerprint density at radius 1 is 0.704 bits per heavy atom. The molecular formula is C65H86N14O15S4. The third-order valence-electron chi connectivity index (χ3n) is 14.8. The van der Waals surface area contributed by atoms with E-state index < -0.39 is 143 Å². The standard InChI is InChI=1S/C65H86N14O15S4/c1-7-67-63(92)77-46(29-38-17-9-8-10-18-38)57(86)75-49-34-95-96-35-50(60(89)79-52(36(2)80)61(90)74-48(54(66)83)33-97-98-51-22-14-16-27-68-51)76-62(91)53(37(3)81)78-55(84)44(21-13-15-28-69-64(93)94-65(4,5)6)71-58(87)47(31-40-32-70-43-20-12-11-19-42(40)43)73-56(85)45(72-59(49)88)30-39-23-25-41(82)26-24-39/h8-12,14,16-20,22-27,32,36-37,44-50,52-53,70,80-82H,7,13,15,21,28-31,33-35H2,1-6H3,(H2,66,83)(H,69,93)(H,71,87)(H,72,88)(H,73,85)(H,74,90)(H,75,86)(H,76,91)(H,78,84)(H,79,89)(H2,67,77,92)/t36-,37-,44+,45+,46-,47-,48+,49+,50+,52+,53+/m1/s1. The minimum atomic E-state index is -1.88. The summed E-state index contributed by atoms with van der Waals surface area (Å²) in [6.45, 7) is 9.34. The number of aliphatic hydroxyl groups is 2. The lowest BCUT2D eigenvalue weighted by atomic mass is 10.0. The van der Waals surface area contributed by atoms with E-state index in [4.69, 9.17) is 10.5 Å². The first-order chi connectivity index (χ1) is 46.7. The van der Waals surface area contributed by atoms with Gasteiger partial charge in [-0.15, -0.1) is 0 Å². The van der Waals surface area contributed by atoms with Gasteiger partial charge in [0.2, 0.25) is 53.2 Å². The molecule has 0 bridgehead atoms. The van der Waals surface area contributed by atoms with Crippen molar-refractivity contribution < 1.29 is 72.8 Å². The lowest BCUT2D eigenvalue weighted by Gasteiger charge is -2.29. The Hall–Kier alpha value is -8.76. The maximum atomic E-state index is 15.2. The molecule has 0 spiro atoms. The summed E-state index contributed by atoms with van der Waals surface area (Å²) in [5, 5.41) is 62.7. The number of H-pyrrole nitrogens is 1. The molecule has 29 nitrogen and oxygen atoms in total. The third-order valence-corrected chi connectivity index (χ3v) is 19.5.